The van der Waals surface area contributed by atoms with E-state index in [0.29, 0.717) is 19.3 Å². The van der Waals surface area contributed by atoms with Gasteiger partial charge in [0.05, 0.1) is 5.92 Å². The number of allylic oxidation sites excluding steroid dienone is 9. The third-order valence-corrected chi connectivity index (χ3v) is 8.77. The molecule has 2 aliphatic rings. The van der Waals surface area contributed by atoms with Gasteiger partial charge >= 0.3 is 5.97 Å². The molecular formula is C35H52O5. The third-order valence-electron chi connectivity index (χ3n) is 8.77. The maximum absolute atomic E-state index is 14.9. The Morgan fingerprint density at radius 3 is 2.02 bits per heavy atom. The molecule has 1 N–H and O–H groups in total. The van der Waals surface area contributed by atoms with Gasteiger partial charge in [-0.15, -0.1) is 0 Å². The van der Waals surface area contributed by atoms with Gasteiger partial charge in [0.1, 0.15) is 17.0 Å². The summed E-state index contributed by atoms with van der Waals surface area (Å²) in [6, 6.07) is 0. The number of Topliss-reactive ketones (excluding diaryl/α,β-unsaturated/α-hetero) is 2. The van der Waals surface area contributed by atoms with Crippen molar-refractivity contribution in [3.8, 4) is 0 Å². The highest BCUT2D eigenvalue weighted by Crippen LogP contribution is 2.62. The lowest BCUT2D eigenvalue weighted by molar-refractivity contribution is -0.159. The summed E-state index contributed by atoms with van der Waals surface area (Å²) in [7, 11) is 0. The summed E-state index contributed by atoms with van der Waals surface area (Å²) in [5.41, 5.74) is -0.372. The Hall–Kier alpha value is -2.53. The van der Waals surface area contributed by atoms with Crippen LogP contribution in [0.4, 0.5) is 0 Å². The standard InChI is InChI=1S/C35H52O5/c1-22(2)13-12-19-33(11)27(16-14-23(3)4)21-34(20-18-25(7)8)32(38)40-28(17-15-24(5)6)35(34,39)31(37)29(33)30(36)26(9)10/h13-15,17-18,26-27,29,39H,12,16,19-21H2,1-11H3/b28-17+/t27-,29+,33+,34+,35-/m0/s1. The van der Waals surface area contributed by atoms with Gasteiger partial charge in [0, 0.05) is 5.92 Å². The van der Waals surface area contributed by atoms with Gasteiger partial charge < -0.3 is 9.84 Å². The molecule has 1 saturated carbocycles. The van der Waals surface area contributed by atoms with Crippen LogP contribution in [0.25, 0.3) is 0 Å². The Balaban J connectivity index is 3.04. The van der Waals surface area contributed by atoms with Crippen LogP contribution in [0.3, 0.4) is 0 Å². The predicted octanol–water partition coefficient (Wildman–Crippen LogP) is 8.01. The molecule has 40 heavy (non-hydrogen) atoms. The molecule has 0 radical (unpaired) electrons. The molecule has 0 unspecified atom stereocenters. The molecule has 0 aromatic rings. The van der Waals surface area contributed by atoms with Gasteiger partial charge in [0.25, 0.3) is 0 Å². The van der Waals surface area contributed by atoms with E-state index in [9.17, 15) is 19.5 Å². The fraction of sp³-hybridized carbons (Fsp3) is 0.629. The molecule has 0 amide bonds. The monoisotopic (exact) mass is 552 g/mol. The molecule has 1 heterocycles. The van der Waals surface area contributed by atoms with Crippen LogP contribution in [-0.2, 0) is 19.1 Å². The van der Waals surface area contributed by atoms with E-state index in [1.165, 1.54) is 5.57 Å². The van der Waals surface area contributed by atoms with E-state index in [1.807, 2.05) is 68.4 Å². The average molecular weight is 553 g/mol. The van der Waals surface area contributed by atoms with Crippen molar-refractivity contribution in [3.05, 3.63) is 58.4 Å². The minimum absolute atomic E-state index is 0.0677. The molecule has 1 saturated heterocycles. The van der Waals surface area contributed by atoms with E-state index in [4.69, 9.17) is 4.74 Å². The minimum Gasteiger partial charge on any atom is -0.427 e. The second-order valence-electron chi connectivity index (χ2n) is 13.5. The van der Waals surface area contributed by atoms with Gasteiger partial charge in [-0.2, -0.15) is 0 Å². The highest BCUT2D eigenvalue weighted by molar-refractivity contribution is 6.12. The summed E-state index contributed by atoms with van der Waals surface area (Å²) >= 11 is 0. The van der Waals surface area contributed by atoms with Crippen molar-refractivity contribution in [1.82, 2.24) is 0 Å². The molecular weight excluding hydrogens is 500 g/mol. The quantitative estimate of drug-likeness (QED) is 0.169. The van der Waals surface area contributed by atoms with Gasteiger partial charge in [0.15, 0.2) is 11.4 Å². The zero-order chi connectivity index (χ0) is 30.6. The van der Waals surface area contributed by atoms with Gasteiger partial charge in [-0.05, 0) is 105 Å². The van der Waals surface area contributed by atoms with Crippen molar-refractivity contribution >= 4 is 17.5 Å². The SMILES string of the molecule is CC(C)=C/C=C1/OC(=O)[C@@]2(CC=C(C)C)C[C@H](CC=C(C)C)[C@@](C)(CCC=C(C)C)[C@H](C(=O)C(C)C)C(=O)[C@@]12O. The zero-order valence-corrected chi connectivity index (χ0v) is 26.7. The fourth-order valence-corrected chi connectivity index (χ4v) is 6.27. The lowest BCUT2D eigenvalue weighted by Gasteiger charge is -2.42. The minimum atomic E-state index is -2.26. The highest BCUT2D eigenvalue weighted by atomic mass is 16.6. The Bertz CT molecular complexity index is 1150. The van der Waals surface area contributed by atoms with E-state index in [0.717, 1.165) is 16.7 Å². The molecule has 2 rings (SSSR count). The topological polar surface area (TPSA) is 80.7 Å². The summed E-state index contributed by atoms with van der Waals surface area (Å²) in [6.45, 7) is 21.4. The molecule has 0 aromatic carbocycles. The first-order valence-corrected chi connectivity index (χ1v) is 14.7. The molecule has 0 bridgehead atoms. The number of rotatable bonds is 10. The Kier molecular flexibility index (Phi) is 10.9. The number of fused-ring (bicyclic) bond motifs is 1. The smallest absolute Gasteiger partial charge is 0.321 e. The number of hydrogen-bond acceptors (Lipinski definition) is 5. The second kappa shape index (κ2) is 13.0. The van der Waals surface area contributed by atoms with Gasteiger partial charge in [-0.3, -0.25) is 14.4 Å². The molecule has 0 aromatic heterocycles. The summed E-state index contributed by atoms with van der Waals surface area (Å²) in [6.07, 6.45) is 11.7. The largest absolute Gasteiger partial charge is 0.427 e. The number of aliphatic hydroxyl groups is 1. The molecule has 2 fully saturated rings. The molecule has 5 nitrogen and oxygen atoms in total. The molecule has 222 valence electrons. The van der Waals surface area contributed by atoms with Gasteiger partial charge in [0.2, 0.25) is 0 Å². The zero-order valence-electron chi connectivity index (χ0n) is 26.7. The van der Waals surface area contributed by atoms with Crippen LogP contribution in [0.15, 0.2) is 58.4 Å². The predicted molar refractivity (Wildman–Crippen MR) is 162 cm³/mol. The van der Waals surface area contributed by atoms with E-state index >= 15 is 0 Å². The number of esters is 1. The molecule has 0 spiro atoms. The molecule has 5 atom stereocenters. The fourth-order valence-electron chi connectivity index (χ4n) is 6.27. The van der Waals surface area contributed by atoms with E-state index in [-0.39, 0.29) is 30.3 Å². The van der Waals surface area contributed by atoms with Crippen LogP contribution in [0.5, 0.6) is 0 Å². The molecule has 1 aliphatic heterocycles. The Labute approximate surface area is 242 Å². The molecule has 5 heteroatoms. The van der Waals surface area contributed by atoms with Crippen LogP contribution in [0.1, 0.15) is 108 Å². The van der Waals surface area contributed by atoms with Crippen LogP contribution < -0.4 is 0 Å². The first kappa shape index (κ1) is 33.7. The summed E-state index contributed by atoms with van der Waals surface area (Å²) in [5, 5.41) is 12.7. The summed E-state index contributed by atoms with van der Waals surface area (Å²) < 4.78 is 5.81. The van der Waals surface area contributed by atoms with Crippen LogP contribution in [0, 0.1) is 28.6 Å². The first-order chi connectivity index (χ1) is 18.4. The lowest BCUT2D eigenvalue weighted by atomic mass is 9.60. The van der Waals surface area contributed by atoms with Crippen molar-refractivity contribution in [2.24, 2.45) is 28.6 Å². The number of carbonyl (C=O) groups is 3. The average Bonchev–Trinajstić information content (AvgIpc) is 3.01. The normalized spacial score (nSPS) is 30.8. The number of ether oxygens (including phenoxy) is 1. The summed E-state index contributed by atoms with van der Waals surface area (Å²) in [5.74, 6) is -3.19. The lowest BCUT2D eigenvalue weighted by Crippen LogP contribution is -2.57. The number of ketones is 2. The number of cyclic esters (lactones) is 1. The van der Waals surface area contributed by atoms with E-state index in [2.05, 4.69) is 12.2 Å². The van der Waals surface area contributed by atoms with Gasteiger partial charge in [-0.1, -0.05) is 67.4 Å². The van der Waals surface area contributed by atoms with Crippen molar-refractivity contribution in [2.75, 3.05) is 0 Å². The van der Waals surface area contributed by atoms with Crippen LogP contribution in [0.2, 0.25) is 0 Å². The summed E-state index contributed by atoms with van der Waals surface area (Å²) in [4.78, 5) is 43.0. The maximum Gasteiger partial charge on any atom is 0.321 e. The maximum atomic E-state index is 14.9. The Morgan fingerprint density at radius 1 is 0.950 bits per heavy atom. The highest BCUT2D eigenvalue weighted by Gasteiger charge is 2.74. The van der Waals surface area contributed by atoms with Crippen LogP contribution in [-0.4, -0.2) is 28.2 Å². The first-order valence-electron chi connectivity index (χ1n) is 14.7. The number of hydrogen-bond donors (Lipinski definition) is 1. The van der Waals surface area contributed by atoms with Crippen LogP contribution >= 0.6 is 0 Å². The van der Waals surface area contributed by atoms with Crippen molar-refractivity contribution in [1.29, 1.82) is 0 Å². The van der Waals surface area contributed by atoms with Crippen molar-refractivity contribution in [3.63, 3.8) is 0 Å². The molecule has 1 aliphatic carbocycles. The van der Waals surface area contributed by atoms with Gasteiger partial charge in [-0.25, -0.2) is 0 Å². The van der Waals surface area contributed by atoms with E-state index < -0.39 is 40.0 Å². The van der Waals surface area contributed by atoms with Crippen molar-refractivity contribution in [2.45, 2.75) is 114 Å². The third kappa shape index (κ3) is 6.51. The number of carbonyl (C=O) groups excluding carboxylic acids is 3. The Morgan fingerprint density at radius 2 is 1.52 bits per heavy atom. The van der Waals surface area contributed by atoms with Crippen molar-refractivity contribution < 1.29 is 24.2 Å². The van der Waals surface area contributed by atoms with E-state index in [1.54, 1.807) is 26.0 Å². The second-order valence-corrected chi connectivity index (χ2v) is 13.5.